The van der Waals surface area contributed by atoms with Gasteiger partial charge < -0.3 is 10.2 Å². The van der Waals surface area contributed by atoms with E-state index in [4.69, 9.17) is 5.26 Å². The molecule has 0 atom stereocenters. The number of nitrogens with one attached hydrogen (secondary N) is 1. The molecule has 1 fully saturated rings. The van der Waals surface area contributed by atoms with Gasteiger partial charge in [-0.25, -0.2) is 0 Å². The summed E-state index contributed by atoms with van der Waals surface area (Å²) in [5.74, 6) is 0.0640. The number of carbonyl (C=O) groups excluding carboxylic acids is 1. The molecule has 5 nitrogen and oxygen atoms in total. The van der Waals surface area contributed by atoms with Crippen LogP contribution in [0.15, 0.2) is 24.3 Å². The van der Waals surface area contributed by atoms with E-state index in [1.165, 1.54) is 0 Å². The summed E-state index contributed by atoms with van der Waals surface area (Å²) in [6.45, 7) is 7.52. The second kappa shape index (κ2) is 6.25. The first kappa shape index (κ1) is 15.5. The molecule has 0 spiro atoms. The van der Waals surface area contributed by atoms with Crippen molar-refractivity contribution in [3.05, 3.63) is 29.8 Å². The maximum Gasteiger partial charge on any atom is 0.246 e. The Morgan fingerprint density at radius 3 is 2.38 bits per heavy atom. The SMILES string of the molecule is CN(C(=O)C(C)(C)N1CCNCC1)c1ccc(C#N)cc1. The van der Waals surface area contributed by atoms with E-state index in [0.717, 1.165) is 31.9 Å². The molecule has 1 saturated heterocycles. The Kier molecular flexibility index (Phi) is 4.61. The van der Waals surface area contributed by atoms with Crippen molar-refractivity contribution >= 4 is 11.6 Å². The van der Waals surface area contributed by atoms with Crippen molar-refractivity contribution in [1.29, 1.82) is 5.26 Å². The molecule has 0 aromatic heterocycles. The smallest absolute Gasteiger partial charge is 0.246 e. The summed E-state index contributed by atoms with van der Waals surface area (Å²) in [7, 11) is 1.79. The fraction of sp³-hybridized carbons (Fsp3) is 0.500. The summed E-state index contributed by atoms with van der Waals surface area (Å²) in [4.78, 5) is 16.7. The van der Waals surface area contributed by atoms with Crippen LogP contribution < -0.4 is 10.2 Å². The Hall–Kier alpha value is -1.90. The third-order valence-corrected chi connectivity index (χ3v) is 4.12. The normalized spacial score (nSPS) is 16.3. The van der Waals surface area contributed by atoms with Crippen LogP contribution in [0.1, 0.15) is 19.4 Å². The predicted molar refractivity (Wildman–Crippen MR) is 83.1 cm³/mol. The Bertz CT molecular complexity index is 538. The summed E-state index contributed by atoms with van der Waals surface area (Å²) in [6.07, 6.45) is 0. The number of nitriles is 1. The van der Waals surface area contributed by atoms with Gasteiger partial charge in [0.25, 0.3) is 0 Å². The molecule has 1 amide bonds. The number of amides is 1. The van der Waals surface area contributed by atoms with Gasteiger partial charge in [-0.2, -0.15) is 5.26 Å². The highest BCUT2D eigenvalue weighted by atomic mass is 16.2. The van der Waals surface area contributed by atoms with Gasteiger partial charge in [0, 0.05) is 38.9 Å². The van der Waals surface area contributed by atoms with Crippen molar-refractivity contribution < 1.29 is 4.79 Å². The predicted octanol–water partition coefficient (Wildman–Crippen LogP) is 1.20. The molecule has 21 heavy (non-hydrogen) atoms. The fourth-order valence-electron chi connectivity index (χ4n) is 2.65. The highest BCUT2D eigenvalue weighted by Gasteiger charge is 2.37. The Balaban J connectivity index is 2.14. The van der Waals surface area contributed by atoms with Gasteiger partial charge in [0.1, 0.15) is 0 Å². The van der Waals surface area contributed by atoms with Gasteiger partial charge >= 0.3 is 0 Å². The number of carbonyl (C=O) groups is 1. The molecule has 1 aliphatic rings. The van der Waals surface area contributed by atoms with Gasteiger partial charge in [0.15, 0.2) is 0 Å². The zero-order valence-corrected chi connectivity index (χ0v) is 12.9. The van der Waals surface area contributed by atoms with Crippen LogP contribution in [0.5, 0.6) is 0 Å². The van der Waals surface area contributed by atoms with Crippen molar-refractivity contribution in [1.82, 2.24) is 10.2 Å². The lowest BCUT2D eigenvalue weighted by Crippen LogP contribution is -2.60. The van der Waals surface area contributed by atoms with E-state index < -0.39 is 5.54 Å². The third-order valence-electron chi connectivity index (χ3n) is 4.12. The largest absolute Gasteiger partial charge is 0.314 e. The fourth-order valence-corrected chi connectivity index (χ4v) is 2.65. The first-order valence-electron chi connectivity index (χ1n) is 7.21. The second-order valence-electron chi connectivity index (χ2n) is 5.82. The average Bonchev–Trinajstić information content (AvgIpc) is 2.54. The summed E-state index contributed by atoms with van der Waals surface area (Å²) in [5, 5.41) is 12.1. The molecule has 112 valence electrons. The number of hydrogen-bond donors (Lipinski definition) is 1. The Labute approximate surface area is 126 Å². The van der Waals surface area contributed by atoms with E-state index in [2.05, 4.69) is 16.3 Å². The maximum absolute atomic E-state index is 12.8. The second-order valence-corrected chi connectivity index (χ2v) is 5.82. The van der Waals surface area contributed by atoms with Crippen LogP contribution in [-0.2, 0) is 4.79 Å². The average molecular weight is 286 g/mol. The number of benzene rings is 1. The van der Waals surface area contributed by atoms with Gasteiger partial charge in [-0.1, -0.05) is 0 Å². The van der Waals surface area contributed by atoms with E-state index in [1.54, 1.807) is 24.1 Å². The molecule has 0 aliphatic carbocycles. The minimum Gasteiger partial charge on any atom is -0.314 e. The summed E-state index contributed by atoms with van der Waals surface area (Å²) < 4.78 is 0. The lowest BCUT2D eigenvalue weighted by atomic mass is 9.99. The monoisotopic (exact) mass is 286 g/mol. The first-order chi connectivity index (χ1) is 9.96. The molecule has 0 bridgehead atoms. The van der Waals surface area contributed by atoms with Crippen LogP contribution in [0.3, 0.4) is 0 Å². The topological polar surface area (TPSA) is 59.4 Å². The minimum absolute atomic E-state index is 0.0640. The van der Waals surface area contributed by atoms with E-state index >= 15 is 0 Å². The van der Waals surface area contributed by atoms with Crippen molar-refractivity contribution in [2.45, 2.75) is 19.4 Å². The summed E-state index contributed by atoms with van der Waals surface area (Å²) in [6, 6.07) is 9.17. The third kappa shape index (κ3) is 3.23. The van der Waals surface area contributed by atoms with Crippen LogP contribution in [0, 0.1) is 11.3 Å². The minimum atomic E-state index is -0.537. The van der Waals surface area contributed by atoms with Crippen molar-refractivity contribution in [2.24, 2.45) is 0 Å². The molecule has 5 heteroatoms. The molecule has 1 N–H and O–H groups in total. The van der Waals surface area contributed by atoms with Gasteiger partial charge in [-0.3, -0.25) is 9.69 Å². The number of likely N-dealkylation sites (N-methyl/N-ethyl adjacent to an activating group) is 1. The van der Waals surface area contributed by atoms with E-state index in [1.807, 2.05) is 26.0 Å². The zero-order chi connectivity index (χ0) is 15.5. The lowest BCUT2D eigenvalue weighted by Gasteiger charge is -2.41. The van der Waals surface area contributed by atoms with Crippen LogP contribution in [0.25, 0.3) is 0 Å². The van der Waals surface area contributed by atoms with Gasteiger partial charge in [-0.05, 0) is 38.1 Å². The standard InChI is InChI=1S/C16H22N4O/c1-16(2,20-10-8-18-9-11-20)15(21)19(3)14-6-4-13(12-17)5-7-14/h4-7,18H,8-11H2,1-3H3. The zero-order valence-electron chi connectivity index (χ0n) is 12.9. The molecule has 0 radical (unpaired) electrons. The number of rotatable bonds is 3. The van der Waals surface area contributed by atoms with Gasteiger partial charge in [0.05, 0.1) is 17.2 Å². The molecule has 0 unspecified atom stereocenters. The molecule has 1 aromatic rings. The molecular formula is C16H22N4O. The van der Waals surface area contributed by atoms with Crippen molar-refractivity contribution in [3.8, 4) is 6.07 Å². The number of anilines is 1. The van der Waals surface area contributed by atoms with Gasteiger partial charge in [-0.15, -0.1) is 0 Å². The molecule has 1 heterocycles. The van der Waals surface area contributed by atoms with Crippen molar-refractivity contribution in [2.75, 3.05) is 38.1 Å². The molecule has 0 saturated carbocycles. The highest BCUT2D eigenvalue weighted by molar-refractivity contribution is 5.99. The number of nitrogens with zero attached hydrogens (tertiary/aromatic N) is 3. The molecular weight excluding hydrogens is 264 g/mol. The summed E-state index contributed by atoms with van der Waals surface area (Å²) >= 11 is 0. The Morgan fingerprint density at radius 1 is 1.29 bits per heavy atom. The highest BCUT2D eigenvalue weighted by Crippen LogP contribution is 2.22. The van der Waals surface area contributed by atoms with E-state index in [0.29, 0.717) is 5.56 Å². The van der Waals surface area contributed by atoms with E-state index in [-0.39, 0.29) is 5.91 Å². The molecule has 1 aliphatic heterocycles. The first-order valence-corrected chi connectivity index (χ1v) is 7.21. The van der Waals surface area contributed by atoms with Crippen LogP contribution in [-0.4, -0.2) is 49.6 Å². The number of piperazine rings is 1. The lowest BCUT2D eigenvalue weighted by molar-refractivity contribution is -0.129. The Morgan fingerprint density at radius 2 is 1.86 bits per heavy atom. The molecule has 2 rings (SSSR count). The number of hydrogen-bond acceptors (Lipinski definition) is 4. The molecule has 1 aromatic carbocycles. The quantitative estimate of drug-likeness (QED) is 0.907. The van der Waals surface area contributed by atoms with Crippen LogP contribution in [0.4, 0.5) is 5.69 Å². The van der Waals surface area contributed by atoms with Crippen LogP contribution >= 0.6 is 0 Å². The van der Waals surface area contributed by atoms with Gasteiger partial charge in [0.2, 0.25) is 5.91 Å². The summed E-state index contributed by atoms with van der Waals surface area (Å²) in [5.41, 5.74) is 0.869. The van der Waals surface area contributed by atoms with Crippen LogP contribution in [0.2, 0.25) is 0 Å². The van der Waals surface area contributed by atoms with E-state index in [9.17, 15) is 4.79 Å². The maximum atomic E-state index is 12.8. The van der Waals surface area contributed by atoms with Crippen molar-refractivity contribution in [3.63, 3.8) is 0 Å².